The van der Waals surface area contributed by atoms with Crippen molar-refractivity contribution in [1.29, 1.82) is 10.5 Å². The number of phenols is 1. The Bertz CT molecular complexity index is 1910. The summed E-state index contributed by atoms with van der Waals surface area (Å²) in [6, 6.07) is 17.6. The third-order valence-corrected chi connectivity index (χ3v) is 7.81. The maximum atomic E-state index is 14.5. The van der Waals surface area contributed by atoms with Crippen LogP contribution in [0, 0.1) is 28.5 Å². The van der Waals surface area contributed by atoms with Crippen molar-refractivity contribution >= 4 is 24.3 Å². The molecule has 1 amide bonds. The SMILES string of the molecule is COc1ccc(-c2cnc(N3CCC(NCc4ccc(/C=C/C(=O)NO)c(F)c4)CC3)c(C#N)c2-c2ccc(C#N)nc2)cc1O.O=CO. The summed E-state index contributed by atoms with van der Waals surface area (Å²) >= 11 is 0. The Morgan fingerprint density at radius 1 is 1.08 bits per heavy atom. The van der Waals surface area contributed by atoms with E-state index in [0.717, 1.165) is 24.5 Å². The first kappa shape index (κ1) is 35.5. The molecule has 0 spiro atoms. The predicted octanol–water partition coefficient (Wildman–Crippen LogP) is 4.39. The highest BCUT2D eigenvalue weighted by Gasteiger charge is 2.26. The summed E-state index contributed by atoms with van der Waals surface area (Å²) in [6.45, 7) is 1.44. The lowest BCUT2D eigenvalue weighted by Gasteiger charge is -2.34. The molecule has 0 atom stereocenters. The highest BCUT2D eigenvalue weighted by atomic mass is 19.1. The molecule has 1 fully saturated rings. The predicted molar refractivity (Wildman–Crippen MR) is 177 cm³/mol. The monoisotopic (exact) mass is 665 g/mol. The van der Waals surface area contributed by atoms with E-state index in [1.54, 1.807) is 54.9 Å². The molecule has 3 heterocycles. The van der Waals surface area contributed by atoms with Gasteiger partial charge in [-0.2, -0.15) is 10.5 Å². The number of nitrogens with zero attached hydrogens (tertiary/aromatic N) is 5. The number of nitrogens with one attached hydrogen (secondary N) is 2. The molecule has 0 bridgehead atoms. The minimum Gasteiger partial charge on any atom is -0.504 e. The van der Waals surface area contributed by atoms with Crippen molar-refractivity contribution in [2.24, 2.45) is 0 Å². The van der Waals surface area contributed by atoms with Gasteiger partial charge in [-0.05, 0) is 60.4 Å². The molecule has 250 valence electrons. The molecular formula is C35H32FN7O6. The molecule has 14 heteroatoms. The van der Waals surface area contributed by atoms with Gasteiger partial charge in [0.2, 0.25) is 0 Å². The van der Waals surface area contributed by atoms with Crippen molar-refractivity contribution in [2.75, 3.05) is 25.1 Å². The number of pyridine rings is 2. The number of nitriles is 2. The van der Waals surface area contributed by atoms with E-state index in [2.05, 4.69) is 21.3 Å². The number of hydroxylamine groups is 1. The number of carbonyl (C=O) groups excluding carboxylic acids is 1. The van der Waals surface area contributed by atoms with E-state index in [0.29, 0.717) is 59.0 Å². The quantitative estimate of drug-likeness (QED) is 0.0731. The van der Waals surface area contributed by atoms with Crippen LogP contribution >= 0.6 is 0 Å². The molecule has 0 saturated carbocycles. The third kappa shape index (κ3) is 8.72. The topological polar surface area (TPSA) is 205 Å². The highest BCUT2D eigenvalue weighted by Crippen LogP contribution is 2.40. The maximum absolute atomic E-state index is 14.5. The summed E-state index contributed by atoms with van der Waals surface area (Å²) in [5.74, 6) is -0.431. The summed E-state index contributed by atoms with van der Waals surface area (Å²) in [6.07, 6.45) is 7.08. The van der Waals surface area contributed by atoms with Crippen molar-refractivity contribution in [3.05, 3.63) is 95.2 Å². The van der Waals surface area contributed by atoms with Gasteiger partial charge in [0.05, 0.1) is 7.11 Å². The number of aromatic nitrogens is 2. The molecule has 4 aromatic rings. The van der Waals surface area contributed by atoms with Crippen molar-refractivity contribution < 1.29 is 34.1 Å². The molecule has 0 unspecified atom stereocenters. The number of halogens is 1. The first-order valence-corrected chi connectivity index (χ1v) is 14.9. The van der Waals surface area contributed by atoms with Crippen LogP contribution in [0.3, 0.4) is 0 Å². The number of phenolic OH excluding ortho intramolecular Hbond substituents is 1. The van der Waals surface area contributed by atoms with Crippen LogP contribution in [0.2, 0.25) is 0 Å². The zero-order valence-electron chi connectivity index (χ0n) is 26.3. The van der Waals surface area contributed by atoms with Crippen molar-refractivity contribution in [3.8, 4) is 45.9 Å². The fourth-order valence-corrected chi connectivity index (χ4v) is 5.41. The molecule has 1 saturated heterocycles. The van der Waals surface area contributed by atoms with Gasteiger partial charge in [0, 0.05) is 66.4 Å². The van der Waals surface area contributed by atoms with Crippen LogP contribution < -0.4 is 20.4 Å². The van der Waals surface area contributed by atoms with Crippen molar-refractivity contribution in [1.82, 2.24) is 20.8 Å². The normalized spacial score (nSPS) is 12.7. The number of piperidine rings is 1. The van der Waals surface area contributed by atoms with Crippen LogP contribution in [0.15, 0.2) is 67.0 Å². The van der Waals surface area contributed by atoms with Gasteiger partial charge in [-0.1, -0.05) is 18.2 Å². The average Bonchev–Trinajstić information content (AvgIpc) is 3.13. The number of anilines is 1. The Morgan fingerprint density at radius 3 is 2.41 bits per heavy atom. The Hall–Kier alpha value is -6.35. The van der Waals surface area contributed by atoms with Gasteiger partial charge < -0.3 is 25.2 Å². The van der Waals surface area contributed by atoms with Gasteiger partial charge in [0.25, 0.3) is 12.4 Å². The van der Waals surface area contributed by atoms with Crippen LogP contribution in [0.5, 0.6) is 11.5 Å². The van der Waals surface area contributed by atoms with E-state index >= 15 is 0 Å². The molecule has 0 radical (unpaired) electrons. The highest BCUT2D eigenvalue weighted by molar-refractivity contribution is 5.91. The van der Waals surface area contributed by atoms with Crippen LogP contribution in [-0.4, -0.2) is 64.0 Å². The molecule has 2 aromatic carbocycles. The van der Waals surface area contributed by atoms with Gasteiger partial charge in [0.1, 0.15) is 35.0 Å². The fourth-order valence-electron chi connectivity index (χ4n) is 5.41. The number of benzene rings is 2. The summed E-state index contributed by atoms with van der Waals surface area (Å²) in [5, 5.41) is 49.1. The summed E-state index contributed by atoms with van der Waals surface area (Å²) in [5.41, 5.74) is 5.51. The Balaban J connectivity index is 0.00000174. The number of aromatic hydroxyl groups is 1. The largest absolute Gasteiger partial charge is 0.504 e. The van der Waals surface area contributed by atoms with E-state index in [1.165, 1.54) is 24.7 Å². The van der Waals surface area contributed by atoms with E-state index < -0.39 is 11.7 Å². The Morgan fingerprint density at radius 2 is 1.82 bits per heavy atom. The van der Waals surface area contributed by atoms with E-state index in [1.807, 2.05) is 6.07 Å². The van der Waals surface area contributed by atoms with Crippen LogP contribution in [0.4, 0.5) is 10.2 Å². The Kier molecular flexibility index (Phi) is 12.3. The van der Waals surface area contributed by atoms with Gasteiger partial charge in [0.15, 0.2) is 11.5 Å². The van der Waals surface area contributed by atoms with E-state index in [9.17, 15) is 24.8 Å². The summed E-state index contributed by atoms with van der Waals surface area (Å²) < 4.78 is 19.7. The Labute approximate surface area is 281 Å². The van der Waals surface area contributed by atoms with Crippen LogP contribution in [-0.2, 0) is 16.1 Å². The first-order chi connectivity index (χ1) is 23.8. The van der Waals surface area contributed by atoms with Crippen molar-refractivity contribution in [3.63, 3.8) is 0 Å². The number of ether oxygens (including phenoxy) is 1. The lowest BCUT2D eigenvalue weighted by Crippen LogP contribution is -2.42. The molecule has 5 N–H and O–H groups in total. The standard InChI is InChI=1S/C34H30FN7O4.CH2O2/c1-46-31-8-5-23(15-30(31)43)28-20-40-34(27(17-37)33(28)24-4-7-26(16-36)39-19-24)42-12-10-25(11-13-42)38-18-21-2-3-22(29(35)14-21)6-9-32(44)41-45;2-1-3/h2-9,14-15,19-20,25,38,43,45H,10-13,18H2,1H3,(H,41,44);1H,(H,2,3)/b9-6+;. The second kappa shape index (κ2) is 17.0. The van der Waals surface area contributed by atoms with E-state index in [-0.39, 0.29) is 29.5 Å². The second-order valence-electron chi connectivity index (χ2n) is 10.7. The number of hydrogen-bond acceptors (Lipinski definition) is 11. The first-order valence-electron chi connectivity index (χ1n) is 14.9. The molecule has 49 heavy (non-hydrogen) atoms. The zero-order valence-corrected chi connectivity index (χ0v) is 26.3. The number of carbonyl (C=O) groups is 2. The third-order valence-electron chi connectivity index (χ3n) is 7.81. The van der Waals surface area contributed by atoms with Crippen LogP contribution in [0.1, 0.15) is 35.2 Å². The zero-order chi connectivity index (χ0) is 35.3. The average molecular weight is 666 g/mol. The minimum atomic E-state index is -0.746. The lowest BCUT2D eigenvalue weighted by molar-refractivity contribution is -0.124. The molecule has 2 aromatic heterocycles. The summed E-state index contributed by atoms with van der Waals surface area (Å²) in [4.78, 5) is 30.5. The van der Waals surface area contributed by atoms with Gasteiger partial charge >= 0.3 is 0 Å². The molecule has 13 nitrogen and oxygen atoms in total. The van der Waals surface area contributed by atoms with Crippen LogP contribution in [0.25, 0.3) is 28.3 Å². The number of amides is 1. The van der Waals surface area contributed by atoms with Gasteiger partial charge in [-0.3, -0.25) is 14.8 Å². The lowest BCUT2D eigenvalue weighted by atomic mass is 9.92. The second-order valence-corrected chi connectivity index (χ2v) is 10.7. The molecular weight excluding hydrogens is 633 g/mol. The smallest absolute Gasteiger partial charge is 0.290 e. The number of hydrogen-bond donors (Lipinski definition) is 5. The maximum Gasteiger partial charge on any atom is 0.290 e. The number of rotatable bonds is 9. The fraction of sp³-hybridized carbons (Fsp3) is 0.200. The molecule has 5 rings (SSSR count). The molecule has 1 aliphatic heterocycles. The summed E-state index contributed by atoms with van der Waals surface area (Å²) in [7, 11) is 1.46. The van der Waals surface area contributed by atoms with Crippen molar-refractivity contribution in [2.45, 2.75) is 25.4 Å². The minimum absolute atomic E-state index is 0.0522. The van der Waals surface area contributed by atoms with E-state index in [4.69, 9.17) is 24.8 Å². The number of carboxylic acid groups (broad SMARTS) is 1. The molecule has 0 aliphatic carbocycles. The van der Waals surface area contributed by atoms with Gasteiger partial charge in [-0.15, -0.1) is 0 Å². The number of methoxy groups -OCH3 is 1. The van der Waals surface area contributed by atoms with Gasteiger partial charge in [-0.25, -0.2) is 19.8 Å². The molecule has 1 aliphatic rings.